The van der Waals surface area contributed by atoms with Gasteiger partial charge in [0.25, 0.3) is 0 Å². The van der Waals surface area contributed by atoms with Crippen LogP contribution in [0.3, 0.4) is 0 Å². The average Bonchev–Trinajstić information content (AvgIpc) is 3.05. The molecule has 0 saturated carbocycles. The maximum absolute atomic E-state index is 6.44. The third-order valence-corrected chi connectivity index (χ3v) is 10.7. The minimum atomic E-state index is -1.79. The number of ether oxygens (including phenoxy) is 3. The summed E-state index contributed by atoms with van der Waals surface area (Å²) in [6.45, 7) is 18.0. The number of rotatable bonds is 5. The molecule has 0 radical (unpaired) electrons. The summed E-state index contributed by atoms with van der Waals surface area (Å²) < 4.78 is 24.6. The third-order valence-electron chi connectivity index (χ3n) is 6.24. The maximum atomic E-state index is 6.44. The van der Waals surface area contributed by atoms with Crippen LogP contribution in [-0.2, 0) is 25.2 Å². The first kappa shape index (κ1) is 21.7. The standard InChI is InChI=1S/C23H36O4Si/c1-16-20-21(27-23(5,6)26-20)19(25-16)14-13-17-11-9-10-12-18(17)15-24-28(7,8)22(2,3)4/h9-14,16,19-21H,15H2,1-8H3/b14-13+/t16-,19+,20+,21-/m0/s1. The second-order valence-electron chi connectivity index (χ2n) is 9.98. The molecule has 1 aromatic carbocycles. The van der Waals surface area contributed by atoms with Gasteiger partial charge in [-0.1, -0.05) is 57.2 Å². The lowest BCUT2D eigenvalue weighted by Crippen LogP contribution is -2.40. The molecule has 2 heterocycles. The first-order valence-corrected chi connectivity index (χ1v) is 13.2. The van der Waals surface area contributed by atoms with Gasteiger partial charge in [-0.15, -0.1) is 0 Å². The summed E-state index contributed by atoms with van der Waals surface area (Å²) in [6, 6.07) is 8.41. The zero-order valence-corrected chi connectivity index (χ0v) is 19.6. The van der Waals surface area contributed by atoms with Crippen molar-refractivity contribution in [1.82, 2.24) is 0 Å². The molecule has 0 amide bonds. The van der Waals surface area contributed by atoms with Gasteiger partial charge in [0.15, 0.2) is 14.1 Å². The van der Waals surface area contributed by atoms with E-state index in [1.54, 1.807) is 0 Å². The number of fused-ring (bicyclic) bond motifs is 1. The van der Waals surface area contributed by atoms with E-state index in [9.17, 15) is 0 Å². The van der Waals surface area contributed by atoms with E-state index in [1.165, 1.54) is 11.1 Å². The van der Waals surface area contributed by atoms with E-state index >= 15 is 0 Å². The molecule has 1 aromatic rings. The molecule has 0 aromatic heterocycles. The van der Waals surface area contributed by atoms with Crippen molar-refractivity contribution in [2.24, 2.45) is 0 Å². The van der Waals surface area contributed by atoms with Crippen LogP contribution in [0.1, 0.15) is 52.7 Å². The highest BCUT2D eigenvalue weighted by Crippen LogP contribution is 2.39. The highest BCUT2D eigenvalue weighted by atomic mass is 28.4. The van der Waals surface area contributed by atoms with Gasteiger partial charge in [0.1, 0.15) is 18.3 Å². The molecule has 0 bridgehead atoms. The van der Waals surface area contributed by atoms with E-state index in [4.69, 9.17) is 18.6 Å². The molecule has 0 unspecified atom stereocenters. The van der Waals surface area contributed by atoms with Crippen LogP contribution >= 0.6 is 0 Å². The van der Waals surface area contributed by atoms with E-state index in [0.29, 0.717) is 6.61 Å². The van der Waals surface area contributed by atoms with Crippen LogP contribution in [0.15, 0.2) is 30.3 Å². The molecule has 3 rings (SSSR count). The molecule has 5 heteroatoms. The monoisotopic (exact) mass is 404 g/mol. The third kappa shape index (κ3) is 4.60. The second-order valence-corrected chi connectivity index (χ2v) is 14.8. The van der Waals surface area contributed by atoms with E-state index < -0.39 is 14.1 Å². The van der Waals surface area contributed by atoms with Gasteiger partial charge in [0, 0.05) is 0 Å². The quantitative estimate of drug-likeness (QED) is 0.605. The molecular weight excluding hydrogens is 368 g/mol. The van der Waals surface area contributed by atoms with Crippen LogP contribution in [0, 0.1) is 0 Å². The Morgan fingerprint density at radius 3 is 2.43 bits per heavy atom. The van der Waals surface area contributed by atoms with Crippen molar-refractivity contribution in [1.29, 1.82) is 0 Å². The predicted molar refractivity (Wildman–Crippen MR) is 116 cm³/mol. The van der Waals surface area contributed by atoms with E-state index in [0.717, 1.165) is 0 Å². The molecular formula is C23H36O4Si. The van der Waals surface area contributed by atoms with E-state index in [1.807, 2.05) is 13.8 Å². The summed E-state index contributed by atoms with van der Waals surface area (Å²) >= 11 is 0. The van der Waals surface area contributed by atoms with Gasteiger partial charge in [0.05, 0.1) is 12.7 Å². The molecule has 156 valence electrons. The van der Waals surface area contributed by atoms with Gasteiger partial charge < -0.3 is 18.6 Å². The molecule has 0 N–H and O–H groups in total. The maximum Gasteiger partial charge on any atom is 0.192 e. The van der Waals surface area contributed by atoms with Gasteiger partial charge in [-0.2, -0.15) is 0 Å². The average molecular weight is 405 g/mol. The van der Waals surface area contributed by atoms with Crippen molar-refractivity contribution in [3.63, 3.8) is 0 Å². The zero-order chi connectivity index (χ0) is 20.7. The lowest BCUT2D eigenvalue weighted by atomic mass is 10.0. The molecule has 2 aliphatic rings. The summed E-state index contributed by atoms with van der Waals surface area (Å²) in [5.41, 5.74) is 2.37. The molecule has 4 nitrogen and oxygen atoms in total. The zero-order valence-electron chi connectivity index (χ0n) is 18.6. The Labute approximate surface area is 171 Å². The van der Waals surface area contributed by atoms with Gasteiger partial charge in [0.2, 0.25) is 0 Å². The number of benzene rings is 1. The molecule has 2 fully saturated rings. The molecule has 0 spiro atoms. The minimum Gasteiger partial charge on any atom is -0.413 e. The fourth-order valence-corrected chi connectivity index (χ4v) is 4.44. The largest absolute Gasteiger partial charge is 0.413 e. The molecule has 4 atom stereocenters. The van der Waals surface area contributed by atoms with Crippen molar-refractivity contribution in [2.75, 3.05) is 0 Å². The van der Waals surface area contributed by atoms with Crippen molar-refractivity contribution >= 4 is 14.4 Å². The molecule has 28 heavy (non-hydrogen) atoms. The van der Waals surface area contributed by atoms with Gasteiger partial charge in [-0.25, -0.2) is 0 Å². The summed E-state index contributed by atoms with van der Waals surface area (Å²) in [6.07, 6.45) is 4.10. The molecule has 2 saturated heterocycles. The summed E-state index contributed by atoms with van der Waals surface area (Å²) in [5, 5.41) is 0.202. The van der Waals surface area contributed by atoms with Gasteiger partial charge in [-0.3, -0.25) is 0 Å². The fraction of sp³-hybridized carbons (Fsp3) is 0.652. The van der Waals surface area contributed by atoms with Crippen LogP contribution < -0.4 is 0 Å². The Hall–Kier alpha value is -0.983. The van der Waals surface area contributed by atoms with Crippen LogP contribution in [0.25, 0.3) is 6.08 Å². The lowest BCUT2D eigenvalue weighted by molar-refractivity contribution is -0.180. The molecule has 2 aliphatic heterocycles. The minimum absolute atomic E-state index is 0.0122. The lowest BCUT2D eigenvalue weighted by Gasteiger charge is -2.36. The Morgan fingerprint density at radius 1 is 1.11 bits per heavy atom. The van der Waals surface area contributed by atoms with E-state index in [2.05, 4.69) is 77.2 Å². The van der Waals surface area contributed by atoms with Crippen LogP contribution in [0.2, 0.25) is 18.1 Å². The van der Waals surface area contributed by atoms with Crippen molar-refractivity contribution < 1.29 is 18.6 Å². The number of hydrogen-bond donors (Lipinski definition) is 0. The summed E-state index contributed by atoms with van der Waals surface area (Å²) in [4.78, 5) is 0. The molecule has 0 aliphatic carbocycles. The Balaban J connectivity index is 1.72. The van der Waals surface area contributed by atoms with Crippen LogP contribution in [-0.4, -0.2) is 38.5 Å². The predicted octanol–water partition coefficient (Wildman–Crippen LogP) is 5.53. The van der Waals surface area contributed by atoms with Crippen molar-refractivity contribution in [3.05, 3.63) is 41.5 Å². The first-order chi connectivity index (χ1) is 12.9. The van der Waals surface area contributed by atoms with Crippen molar-refractivity contribution in [3.8, 4) is 0 Å². The van der Waals surface area contributed by atoms with Gasteiger partial charge in [-0.05, 0) is 50.0 Å². The normalized spacial score (nSPS) is 30.1. The highest BCUT2D eigenvalue weighted by molar-refractivity contribution is 6.74. The summed E-state index contributed by atoms with van der Waals surface area (Å²) in [7, 11) is -1.79. The first-order valence-electron chi connectivity index (χ1n) is 10.3. The van der Waals surface area contributed by atoms with Gasteiger partial charge >= 0.3 is 0 Å². The number of hydrogen-bond acceptors (Lipinski definition) is 4. The summed E-state index contributed by atoms with van der Waals surface area (Å²) in [5.74, 6) is -0.547. The topological polar surface area (TPSA) is 36.9 Å². The van der Waals surface area contributed by atoms with Crippen molar-refractivity contribution in [2.45, 2.75) is 96.5 Å². The van der Waals surface area contributed by atoms with E-state index in [-0.39, 0.29) is 29.5 Å². The Kier molecular flexibility index (Phi) is 5.96. The Morgan fingerprint density at radius 2 is 1.75 bits per heavy atom. The Bertz CT molecular complexity index is 720. The van der Waals surface area contributed by atoms with Crippen LogP contribution in [0.5, 0.6) is 0 Å². The smallest absolute Gasteiger partial charge is 0.192 e. The second kappa shape index (κ2) is 7.69. The fourth-order valence-electron chi connectivity index (χ4n) is 3.49. The highest BCUT2D eigenvalue weighted by Gasteiger charge is 2.52. The van der Waals surface area contributed by atoms with Crippen LogP contribution in [0.4, 0.5) is 0 Å². The SMILES string of the molecule is C[C@@H]1O[C@H](/C=C/c2ccccc2CO[Si](C)(C)C(C)(C)C)[C@@H]2OC(C)(C)O[C@@H]21.